The van der Waals surface area contributed by atoms with Crippen LogP contribution in [0, 0.1) is 17.2 Å². The first-order valence-electron chi connectivity index (χ1n) is 14.1. The molecule has 1 amide bonds. The predicted molar refractivity (Wildman–Crippen MR) is 152 cm³/mol. The van der Waals surface area contributed by atoms with Crippen molar-refractivity contribution in [3.63, 3.8) is 0 Å². The highest BCUT2D eigenvalue weighted by atomic mass is 79.9. The highest BCUT2D eigenvalue weighted by Crippen LogP contribution is 2.52. The Bertz CT molecular complexity index is 1220. The number of β-amino-alcohol motifs (C(OH)–C–C–N with tert-alkyl or cyclic N) is 1. The van der Waals surface area contributed by atoms with Crippen LogP contribution in [0.1, 0.15) is 72.6 Å². The minimum absolute atomic E-state index is 0.0713. The van der Waals surface area contributed by atoms with Crippen molar-refractivity contribution in [3.05, 3.63) is 22.4 Å². The van der Waals surface area contributed by atoms with E-state index in [2.05, 4.69) is 20.9 Å². The quantitative estimate of drug-likeness (QED) is 0.426. The lowest BCUT2D eigenvalue weighted by Crippen LogP contribution is -2.46. The molecule has 3 aliphatic rings. The lowest BCUT2D eigenvalue weighted by Gasteiger charge is -2.38. The van der Waals surface area contributed by atoms with Crippen LogP contribution in [0.2, 0.25) is 0 Å². The molecule has 8 nitrogen and oxygen atoms in total. The van der Waals surface area contributed by atoms with Gasteiger partial charge in [-0.25, -0.2) is 9.18 Å². The first-order valence-corrected chi connectivity index (χ1v) is 14.9. The van der Waals surface area contributed by atoms with Gasteiger partial charge in [-0.05, 0) is 107 Å². The predicted octanol–water partition coefficient (Wildman–Crippen LogP) is 6.08. The molecule has 1 saturated carbocycles. The van der Waals surface area contributed by atoms with Crippen molar-refractivity contribution >= 4 is 38.7 Å². The van der Waals surface area contributed by atoms with E-state index in [0.717, 1.165) is 51.5 Å². The maximum absolute atomic E-state index is 15.2. The van der Waals surface area contributed by atoms with Gasteiger partial charge in [-0.2, -0.15) is 9.97 Å². The number of aliphatic hydroxyl groups is 1. The van der Waals surface area contributed by atoms with Crippen LogP contribution in [0.25, 0.3) is 10.9 Å². The molecule has 10 heteroatoms. The van der Waals surface area contributed by atoms with Crippen LogP contribution in [-0.2, 0) is 4.74 Å². The molecule has 3 fully saturated rings. The second kappa shape index (κ2) is 10.7. The second-order valence-electron chi connectivity index (χ2n) is 13.0. The van der Waals surface area contributed by atoms with E-state index in [1.165, 1.54) is 0 Å². The summed E-state index contributed by atoms with van der Waals surface area (Å²) >= 11 is 3.28. The third kappa shape index (κ3) is 6.76. The van der Waals surface area contributed by atoms with Crippen LogP contribution in [-0.4, -0.2) is 70.1 Å². The maximum atomic E-state index is 15.2. The highest BCUT2D eigenvalue weighted by molar-refractivity contribution is 9.10. The summed E-state index contributed by atoms with van der Waals surface area (Å²) in [5.74, 6) is 0.676. The molecular weight excluding hydrogens is 567 g/mol. The van der Waals surface area contributed by atoms with Crippen LogP contribution in [0.3, 0.4) is 0 Å². The average molecular weight is 608 g/mol. The number of fused-ring (bicyclic) bond motifs is 1. The summed E-state index contributed by atoms with van der Waals surface area (Å²) in [6.07, 6.45) is 6.40. The van der Waals surface area contributed by atoms with E-state index in [9.17, 15) is 9.90 Å². The van der Waals surface area contributed by atoms with Crippen LogP contribution >= 0.6 is 15.9 Å². The lowest BCUT2D eigenvalue weighted by atomic mass is 9.86. The van der Waals surface area contributed by atoms with Gasteiger partial charge >= 0.3 is 12.1 Å². The number of aromatic nitrogens is 2. The molecule has 1 aromatic heterocycles. The fourth-order valence-electron chi connectivity index (χ4n) is 5.87. The van der Waals surface area contributed by atoms with Gasteiger partial charge in [-0.3, -0.25) is 0 Å². The van der Waals surface area contributed by atoms with E-state index in [4.69, 9.17) is 14.5 Å². The Hall–Kier alpha value is -2.20. The smallest absolute Gasteiger partial charge is 0.410 e. The van der Waals surface area contributed by atoms with Gasteiger partial charge < -0.3 is 24.4 Å². The molecule has 5 rings (SSSR count). The number of amides is 1. The van der Waals surface area contributed by atoms with Crippen LogP contribution in [0.4, 0.5) is 15.0 Å². The summed E-state index contributed by atoms with van der Waals surface area (Å²) in [5.41, 5.74) is -1.03. The molecule has 1 atom stereocenters. The van der Waals surface area contributed by atoms with Gasteiger partial charge in [0, 0.05) is 37.0 Å². The SMILES string of the molecule is CC(C)(C)OC(=O)N1CCC(CC2(COc3nc(N4CCC[C@@](C)(O)C4)c4ccc(Br)c(F)c4n3)CC2)CC1. The second-order valence-corrected chi connectivity index (χ2v) is 13.9. The van der Waals surface area contributed by atoms with E-state index in [0.29, 0.717) is 47.8 Å². The number of nitrogens with zero attached hydrogens (tertiary/aromatic N) is 4. The normalized spacial score (nSPS) is 23.7. The van der Waals surface area contributed by atoms with Gasteiger partial charge in [0.05, 0.1) is 16.7 Å². The number of hydrogen-bond donors (Lipinski definition) is 1. The largest absolute Gasteiger partial charge is 0.463 e. The molecule has 0 unspecified atom stereocenters. The van der Waals surface area contributed by atoms with Crippen molar-refractivity contribution in [2.45, 2.75) is 83.8 Å². The van der Waals surface area contributed by atoms with E-state index in [1.807, 2.05) is 43.6 Å². The summed E-state index contributed by atoms with van der Waals surface area (Å²) < 4.78 is 27.2. The number of ether oxygens (including phenoxy) is 2. The number of likely N-dealkylation sites (tertiary alicyclic amines) is 1. The van der Waals surface area contributed by atoms with Crippen LogP contribution in [0.5, 0.6) is 6.01 Å². The number of benzene rings is 1. The molecule has 1 N–H and O–H groups in total. The Morgan fingerprint density at radius 1 is 1.18 bits per heavy atom. The van der Waals surface area contributed by atoms with E-state index in [-0.39, 0.29) is 23.0 Å². The van der Waals surface area contributed by atoms with Crippen molar-refractivity contribution in [1.29, 1.82) is 0 Å². The molecule has 39 heavy (non-hydrogen) atoms. The average Bonchev–Trinajstić information content (AvgIpc) is 3.63. The standard InChI is InChI=1S/C29H40BrFN4O4/c1-27(2,3)39-26(36)34-14-8-19(9-15-34)16-29(11-12-29)18-38-25-32-23-20(6-7-21(30)22(23)31)24(33-25)35-13-5-10-28(4,37)17-35/h6-7,19,37H,5,8-18H2,1-4H3/t28-/m1/s1. The lowest BCUT2D eigenvalue weighted by molar-refractivity contribution is 0.0169. The molecule has 1 aliphatic carbocycles. The minimum Gasteiger partial charge on any atom is -0.463 e. The van der Waals surface area contributed by atoms with Crippen molar-refractivity contribution < 1.29 is 23.8 Å². The number of halogens is 2. The molecule has 1 aromatic carbocycles. The molecule has 2 saturated heterocycles. The van der Waals surface area contributed by atoms with Crippen molar-refractivity contribution in [2.24, 2.45) is 11.3 Å². The summed E-state index contributed by atoms with van der Waals surface area (Å²) in [7, 11) is 0. The van der Waals surface area contributed by atoms with Gasteiger partial charge in [-0.1, -0.05) is 0 Å². The number of carbonyl (C=O) groups excluding carboxylic acids is 1. The topological polar surface area (TPSA) is 88.0 Å². The van der Waals surface area contributed by atoms with E-state index in [1.54, 1.807) is 6.07 Å². The Kier molecular flexibility index (Phi) is 7.74. The Morgan fingerprint density at radius 2 is 1.90 bits per heavy atom. The molecule has 3 heterocycles. The van der Waals surface area contributed by atoms with Crippen LogP contribution < -0.4 is 9.64 Å². The molecule has 2 aromatic rings. The van der Waals surface area contributed by atoms with Gasteiger partial charge in [0.15, 0.2) is 5.82 Å². The fourth-order valence-corrected chi connectivity index (χ4v) is 6.19. The first kappa shape index (κ1) is 28.3. The third-order valence-corrected chi connectivity index (χ3v) is 8.76. The van der Waals surface area contributed by atoms with Crippen LogP contribution in [0.15, 0.2) is 16.6 Å². The van der Waals surface area contributed by atoms with Gasteiger partial charge in [0.25, 0.3) is 0 Å². The van der Waals surface area contributed by atoms with Gasteiger partial charge in [0.1, 0.15) is 16.9 Å². The fraction of sp³-hybridized carbons (Fsp3) is 0.690. The molecule has 2 aliphatic heterocycles. The number of hydrogen-bond acceptors (Lipinski definition) is 7. The molecule has 0 bridgehead atoms. The first-order chi connectivity index (χ1) is 18.3. The highest BCUT2D eigenvalue weighted by Gasteiger charge is 2.46. The zero-order chi connectivity index (χ0) is 28.0. The zero-order valence-corrected chi connectivity index (χ0v) is 25.0. The Balaban J connectivity index is 1.26. The number of anilines is 1. The number of piperidine rings is 2. The summed E-state index contributed by atoms with van der Waals surface area (Å²) in [5, 5.41) is 11.3. The molecule has 0 spiro atoms. The van der Waals surface area contributed by atoms with E-state index < -0.39 is 17.0 Å². The Labute approximate surface area is 238 Å². The zero-order valence-electron chi connectivity index (χ0n) is 23.4. The monoisotopic (exact) mass is 606 g/mol. The minimum atomic E-state index is -0.832. The van der Waals surface area contributed by atoms with Gasteiger partial charge in [0.2, 0.25) is 0 Å². The van der Waals surface area contributed by atoms with Gasteiger partial charge in [-0.15, -0.1) is 0 Å². The van der Waals surface area contributed by atoms with E-state index >= 15 is 4.39 Å². The maximum Gasteiger partial charge on any atom is 0.410 e. The third-order valence-electron chi connectivity index (χ3n) is 8.15. The molecule has 0 radical (unpaired) electrons. The number of rotatable bonds is 6. The molecular formula is C29H40BrFN4O4. The summed E-state index contributed by atoms with van der Waals surface area (Å²) in [6, 6.07) is 3.66. The van der Waals surface area contributed by atoms with Crippen molar-refractivity contribution in [3.8, 4) is 6.01 Å². The number of carbonyl (C=O) groups is 1. The Morgan fingerprint density at radius 3 is 2.54 bits per heavy atom. The summed E-state index contributed by atoms with van der Waals surface area (Å²) in [4.78, 5) is 25.5. The summed E-state index contributed by atoms with van der Waals surface area (Å²) in [6.45, 7) is 10.5. The van der Waals surface area contributed by atoms with Crippen molar-refractivity contribution in [1.82, 2.24) is 14.9 Å². The van der Waals surface area contributed by atoms with Crippen molar-refractivity contribution in [2.75, 3.05) is 37.7 Å². The molecule has 214 valence electrons.